The maximum Gasteiger partial charge on any atom is 0.287 e. The van der Waals surface area contributed by atoms with Crippen molar-refractivity contribution in [2.45, 2.75) is 44.7 Å². The van der Waals surface area contributed by atoms with E-state index in [9.17, 15) is 13.6 Å². The Kier molecular flexibility index (Phi) is 6.67. The predicted octanol–water partition coefficient (Wildman–Crippen LogP) is 3.26. The van der Waals surface area contributed by atoms with Gasteiger partial charge in [-0.25, -0.2) is 0 Å². The summed E-state index contributed by atoms with van der Waals surface area (Å²) in [7, 11) is 0. The third-order valence-corrected chi connectivity index (χ3v) is 3.71. The van der Waals surface area contributed by atoms with Gasteiger partial charge in [-0.3, -0.25) is 4.79 Å². The summed E-state index contributed by atoms with van der Waals surface area (Å²) in [5, 5.41) is 11.9. The Balaban J connectivity index is 2.66. The third-order valence-electron chi connectivity index (χ3n) is 3.01. The lowest BCUT2D eigenvalue weighted by Crippen LogP contribution is -2.44. The third kappa shape index (κ3) is 6.05. The van der Waals surface area contributed by atoms with Gasteiger partial charge >= 0.3 is 0 Å². The van der Waals surface area contributed by atoms with E-state index in [1.165, 1.54) is 12.1 Å². The van der Waals surface area contributed by atoms with Gasteiger partial charge in [-0.2, -0.15) is 8.78 Å². The van der Waals surface area contributed by atoms with Crippen molar-refractivity contribution >= 4 is 17.7 Å². The van der Waals surface area contributed by atoms with E-state index in [2.05, 4.69) is 5.32 Å². The first-order valence-corrected chi connectivity index (χ1v) is 7.69. The summed E-state index contributed by atoms with van der Waals surface area (Å²) in [6.45, 7) is 5.85. The Morgan fingerprint density at radius 1 is 1.43 bits per heavy atom. The van der Waals surface area contributed by atoms with Crippen molar-refractivity contribution in [1.82, 2.24) is 5.32 Å². The standard InChI is InChI=1S/C14H21F2NO3S/c1-14(2,3)11(6-7-18)17-12(19)10-5-4-9(20-10)8-21-13(15)16/h4-5,11,13,18H,6-8H2,1-3H3,(H,17,19). The fraction of sp³-hybridized carbons (Fsp3) is 0.643. The van der Waals surface area contributed by atoms with Crippen molar-refractivity contribution in [2.75, 3.05) is 6.61 Å². The second-order valence-corrected chi connectivity index (χ2v) is 6.72. The van der Waals surface area contributed by atoms with Crippen molar-refractivity contribution < 1.29 is 23.1 Å². The van der Waals surface area contributed by atoms with Crippen LogP contribution in [0.25, 0.3) is 0 Å². The maximum atomic E-state index is 12.1. The Bertz CT molecular complexity index is 457. The summed E-state index contributed by atoms with van der Waals surface area (Å²) < 4.78 is 29.4. The minimum absolute atomic E-state index is 0.0181. The quantitative estimate of drug-likeness (QED) is 0.809. The largest absolute Gasteiger partial charge is 0.455 e. The van der Waals surface area contributed by atoms with E-state index < -0.39 is 11.7 Å². The van der Waals surface area contributed by atoms with Crippen molar-refractivity contribution in [1.29, 1.82) is 0 Å². The van der Waals surface area contributed by atoms with Crippen molar-refractivity contribution in [3.8, 4) is 0 Å². The molecule has 1 aromatic heterocycles. The first kappa shape index (κ1) is 18.0. The number of carbonyl (C=O) groups is 1. The fourth-order valence-electron chi connectivity index (χ4n) is 1.80. The van der Waals surface area contributed by atoms with E-state index in [4.69, 9.17) is 9.52 Å². The SMILES string of the molecule is CC(C)(C)C(CCO)NC(=O)c1ccc(CSC(F)F)o1. The lowest BCUT2D eigenvalue weighted by molar-refractivity contribution is 0.0855. The first-order chi connectivity index (χ1) is 9.74. The molecule has 0 fully saturated rings. The molecule has 1 amide bonds. The molecule has 0 saturated carbocycles. The molecule has 1 unspecified atom stereocenters. The molecule has 7 heteroatoms. The molecule has 0 spiro atoms. The summed E-state index contributed by atoms with van der Waals surface area (Å²) in [6, 6.07) is 2.77. The summed E-state index contributed by atoms with van der Waals surface area (Å²) >= 11 is 0.444. The summed E-state index contributed by atoms with van der Waals surface area (Å²) in [5.74, 6) is -2.43. The van der Waals surface area contributed by atoms with Crippen LogP contribution in [0.1, 0.15) is 43.5 Å². The predicted molar refractivity (Wildman–Crippen MR) is 78.4 cm³/mol. The van der Waals surface area contributed by atoms with E-state index in [0.29, 0.717) is 23.9 Å². The Hall–Kier alpha value is -1.08. The van der Waals surface area contributed by atoms with Crippen LogP contribution in [0.2, 0.25) is 0 Å². The van der Waals surface area contributed by atoms with E-state index in [-0.39, 0.29) is 29.6 Å². The topological polar surface area (TPSA) is 62.5 Å². The van der Waals surface area contributed by atoms with Crippen LogP contribution in [-0.2, 0) is 5.75 Å². The molecule has 0 aliphatic rings. The lowest BCUT2D eigenvalue weighted by atomic mass is 9.85. The van der Waals surface area contributed by atoms with Crippen LogP contribution in [-0.4, -0.2) is 29.4 Å². The van der Waals surface area contributed by atoms with Crippen LogP contribution in [0.5, 0.6) is 0 Å². The molecule has 0 saturated heterocycles. The van der Waals surface area contributed by atoms with Crippen molar-refractivity contribution in [3.63, 3.8) is 0 Å². The highest BCUT2D eigenvalue weighted by molar-refractivity contribution is 7.98. The highest BCUT2D eigenvalue weighted by Crippen LogP contribution is 2.23. The lowest BCUT2D eigenvalue weighted by Gasteiger charge is -2.30. The molecular weight excluding hydrogens is 300 g/mol. The van der Waals surface area contributed by atoms with Gasteiger partial charge in [0.15, 0.2) is 5.76 Å². The molecule has 1 heterocycles. The minimum atomic E-state index is -2.47. The van der Waals surface area contributed by atoms with Gasteiger partial charge in [-0.15, -0.1) is 0 Å². The van der Waals surface area contributed by atoms with Crippen LogP contribution < -0.4 is 5.32 Å². The van der Waals surface area contributed by atoms with E-state index in [1.807, 2.05) is 20.8 Å². The molecule has 2 N–H and O–H groups in total. The molecule has 0 radical (unpaired) electrons. The molecule has 0 aliphatic carbocycles. The van der Waals surface area contributed by atoms with Crippen molar-refractivity contribution in [2.24, 2.45) is 5.41 Å². The zero-order chi connectivity index (χ0) is 16.0. The number of aliphatic hydroxyl groups excluding tert-OH is 1. The van der Waals surface area contributed by atoms with Gasteiger partial charge < -0.3 is 14.8 Å². The number of halogens is 2. The molecule has 21 heavy (non-hydrogen) atoms. The number of thioether (sulfide) groups is 1. The van der Waals surface area contributed by atoms with Crippen LogP contribution in [0, 0.1) is 5.41 Å². The summed E-state index contributed by atoms with van der Waals surface area (Å²) in [6.07, 6.45) is 0.435. The summed E-state index contributed by atoms with van der Waals surface area (Å²) in [5.41, 5.74) is -0.209. The second kappa shape index (κ2) is 7.79. The molecule has 0 aliphatic heterocycles. The van der Waals surface area contributed by atoms with Crippen LogP contribution in [0.4, 0.5) is 8.78 Å². The van der Waals surface area contributed by atoms with Gasteiger partial charge in [0.05, 0.1) is 5.75 Å². The second-order valence-electron chi connectivity index (χ2n) is 5.74. The zero-order valence-corrected chi connectivity index (χ0v) is 13.2. The Morgan fingerprint density at radius 2 is 2.10 bits per heavy atom. The Morgan fingerprint density at radius 3 is 2.62 bits per heavy atom. The molecule has 4 nitrogen and oxygen atoms in total. The average Bonchev–Trinajstić information content (AvgIpc) is 2.83. The zero-order valence-electron chi connectivity index (χ0n) is 12.4. The fourth-order valence-corrected chi connectivity index (χ4v) is 2.25. The van der Waals surface area contributed by atoms with Crippen LogP contribution in [0.3, 0.4) is 0 Å². The molecule has 1 rings (SSSR count). The van der Waals surface area contributed by atoms with Gasteiger partial charge in [0.1, 0.15) is 5.76 Å². The number of alkyl halides is 2. The van der Waals surface area contributed by atoms with Gasteiger partial charge in [0, 0.05) is 12.6 Å². The van der Waals surface area contributed by atoms with Gasteiger partial charge in [-0.1, -0.05) is 32.5 Å². The minimum Gasteiger partial charge on any atom is -0.455 e. The number of rotatable bonds is 7. The van der Waals surface area contributed by atoms with E-state index >= 15 is 0 Å². The molecular formula is C14H21F2NO3S. The van der Waals surface area contributed by atoms with Crippen LogP contribution in [0.15, 0.2) is 16.5 Å². The average molecular weight is 321 g/mol. The van der Waals surface area contributed by atoms with Crippen LogP contribution >= 0.6 is 11.8 Å². The Labute approximate surface area is 127 Å². The highest BCUT2D eigenvalue weighted by Gasteiger charge is 2.27. The number of aliphatic hydroxyl groups is 1. The number of hydrogen-bond acceptors (Lipinski definition) is 4. The maximum absolute atomic E-state index is 12.1. The number of nitrogens with one attached hydrogen (secondary N) is 1. The number of amides is 1. The molecule has 0 bridgehead atoms. The van der Waals surface area contributed by atoms with Crippen molar-refractivity contribution in [3.05, 3.63) is 23.7 Å². The van der Waals surface area contributed by atoms with Gasteiger partial charge in [0.2, 0.25) is 0 Å². The molecule has 1 aromatic rings. The van der Waals surface area contributed by atoms with Gasteiger partial charge in [-0.05, 0) is 24.0 Å². The van der Waals surface area contributed by atoms with E-state index in [1.54, 1.807) is 0 Å². The first-order valence-electron chi connectivity index (χ1n) is 6.64. The number of carbonyl (C=O) groups excluding carboxylic acids is 1. The smallest absolute Gasteiger partial charge is 0.287 e. The van der Waals surface area contributed by atoms with E-state index in [0.717, 1.165) is 0 Å². The highest BCUT2D eigenvalue weighted by atomic mass is 32.2. The van der Waals surface area contributed by atoms with Gasteiger partial charge in [0.25, 0.3) is 11.7 Å². The monoisotopic (exact) mass is 321 g/mol. The number of hydrogen-bond donors (Lipinski definition) is 2. The molecule has 0 aromatic carbocycles. The molecule has 1 atom stereocenters. The normalized spacial score (nSPS) is 13.5. The number of furan rings is 1. The molecule has 120 valence electrons. The summed E-state index contributed by atoms with van der Waals surface area (Å²) in [4.78, 5) is 12.1.